The summed E-state index contributed by atoms with van der Waals surface area (Å²) in [6.45, 7) is 1.77. The average molecular weight is 272 g/mol. The summed E-state index contributed by atoms with van der Waals surface area (Å²) in [5.41, 5.74) is -0.553. The highest BCUT2D eigenvalue weighted by Crippen LogP contribution is 2.32. The molecule has 1 aromatic carbocycles. The summed E-state index contributed by atoms with van der Waals surface area (Å²) in [4.78, 5) is 9.98. The van der Waals surface area contributed by atoms with E-state index in [-0.39, 0.29) is 12.5 Å². The first-order chi connectivity index (χ1) is 9.09. The molecule has 1 atom stereocenters. The molecule has 0 aliphatic carbocycles. The van der Waals surface area contributed by atoms with Gasteiger partial charge in [-0.15, -0.1) is 0 Å². The van der Waals surface area contributed by atoms with Crippen molar-refractivity contribution >= 4 is 5.69 Å². The second-order valence-corrected chi connectivity index (χ2v) is 4.49. The number of benzene rings is 1. The van der Waals surface area contributed by atoms with Gasteiger partial charge in [-0.05, 0) is 25.5 Å². The van der Waals surface area contributed by atoms with Crippen molar-refractivity contribution < 1.29 is 18.4 Å². The maximum Gasteiger partial charge on any atom is 0.314 e. The molecule has 7 heteroatoms. The van der Waals surface area contributed by atoms with Gasteiger partial charge in [0.25, 0.3) is 0 Å². The minimum absolute atomic E-state index is 0.133. The molecule has 2 rings (SSSR count). The molecule has 104 valence electrons. The smallest absolute Gasteiger partial charge is 0.314 e. The van der Waals surface area contributed by atoms with Crippen molar-refractivity contribution in [2.75, 3.05) is 19.7 Å². The molecule has 5 nitrogen and oxygen atoms in total. The Morgan fingerprint density at radius 1 is 1.47 bits per heavy atom. The van der Waals surface area contributed by atoms with E-state index in [1.807, 2.05) is 0 Å². The summed E-state index contributed by atoms with van der Waals surface area (Å²) in [7, 11) is 0. The second kappa shape index (κ2) is 5.92. The zero-order valence-corrected chi connectivity index (χ0v) is 10.2. The first kappa shape index (κ1) is 13.7. The van der Waals surface area contributed by atoms with Crippen LogP contribution >= 0.6 is 0 Å². The van der Waals surface area contributed by atoms with E-state index in [0.29, 0.717) is 6.54 Å². The SMILES string of the molecule is O=[N+]([O-])c1ccc(F)c(F)c1OCC1CCCNC1. The zero-order chi connectivity index (χ0) is 13.8. The average Bonchev–Trinajstić information content (AvgIpc) is 2.41. The van der Waals surface area contributed by atoms with Crippen LogP contribution in [0.1, 0.15) is 12.8 Å². The first-order valence-electron chi connectivity index (χ1n) is 6.05. The number of ether oxygens (including phenoxy) is 1. The number of rotatable bonds is 4. The fourth-order valence-electron chi connectivity index (χ4n) is 2.07. The molecular formula is C12H14F2N2O3. The summed E-state index contributed by atoms with van der Waals surface area (Å²) in [5, 5.41) is 13.9. The van der Waals surface area contributed by atoms with E-state index >= 15 is 0 Å². The Morgan fingerprint density at radius 2 is 2.26 bits per heavy atom. The van der Waals surface area contributed by atoms with Gasteiger partial charge in [-0.25, -0.2) is 4.39 Å². The third-order valence-electron chi connectivity index (χ3n) is 3.09. The van der Waals surface area contributed by atoms with Gasteiger partial charge in [0.2, 0.25) is 11.6 Å². The van der Waals surface area contributed by atoms with Crippen molar-refractivity contribution in [2.24, 2.45) is 5.92 Å². The molecule has 1 aliphatic rings. The van der Waals surface area contributed by atoms with E-state index in [2.05, 4.69) is 5.32 Å². The van der Waals surface area contributed by atoms with Gasteiger partial charge < -0.3 is 10.1 Å². The normalized spacial score (nSPS) is 19.2. The van der Waals surface area contributed by atoms with E-state index in [1.54, 1.807) is 0 Å². The third kappa shape index (κ3) is 3.17. The molecule has 0 bridgehead atoms. The molecule has 1 N–H and O–H groups in total. The molecular weight excluding hydrogens is 258 g/mol. The molecule has 0 radical (unpaired) electrons. The summed E-state index contributed by atoms with van der Waals surface area (Å²) >= 11 is 0. The van der Waals surface area contributed by atoms with Crippen molar-refractivity contribution in [3.63, 3.8) is 0 Å². The van der Waals surface area contributed by atoms with Crippen LogP contribution in [-0.2, 0) is 0 Å². The number of nitro groups is 1. The molecule has 1 aromatic rings. The van der Waals surface area contributed by atoms with Crippen LogP contribution in [0, 0.1) is 27.7 Å². The molecule has 0 spiro atoms. The van der Waals surface area contributed by atoms with Crippen molar-refractivity contribution in [1.29, 1.82) is 0 Å². The number of nitro benzene ring substituents is 1. The Kier molecular flexibility index (Phi) is 4.26. The summed E-state index contributed by atoms with van der Waals surface area (Å²) in [6.07, 6.45) is 1.87. The van der Waals surface area contributed by atoms with Crippen molar-refractivity contribution in [3.05, 3.63) is 33.9 Å². The van der Waals surface area contributed by atoms with Gasteiger partial charge in [-0.2, -0.15) is 4.39 Å². The van der Waals surface area contributed by atoms with E-state index in [4.69, 9.17) is 4.74 Å². The predicted octanol–water partition coefficient (Wildman–Crippen LogP) is 2.25. The Bertz CT molecular complexity index is 476. The maximum absolute atomic E-state index is 13.6. The lowest BCUT2D eigenvalue weighted by Crippen LogP contribution is -2.33. The third-order valence-corrected chi connectivity index (χ3v) is 3.09. The number of piperidine rings is 1. The number of nitrogens with one attached hydrogen (secondary N) is 1. The highest BCUT2D eigenvalue weighted by Gasteiger charge is 2.24. The first-order valence-corrected chi connectivity index (χ1v) is 6.05. The lowest BCUT2D eigenvalue weighted by molar-refractivity contribution is -0.386. The predicted molar refractivity (Wildman–Crippen MR) is 64.1 cm³/mol. The number of nitrogens with zero attached hydrogens (tertiary/aromatic N) is 1. The minimum atomic E-state index is -1.31. The number of hydrogen-bond acceptors (Lipinski definition) is 4. The van der Waals surface area contributed by atoms with Crippen molar-refractivity contribution in [3.8, 4) is 5.75 Å². The quantitative estimate of drug-likeness (QED) is 0.674. The van der Waals surface area contributed by atoms with Crippen LogP contribution in [0.3, 0.4) is 0 Å². The Labute approximate surface area is 108 Å². The molecule has 19 heavy (non-hydrogen) atoms. The van der Waals surface area contributed by atoms with Gasteiger partial charge in [0, 0.05) is 18.5 Å². The molecule has 1 aliphatic heterocycles. The maximum atomic E-state index is 13.6. The molecule has 1 unspecified atom stereocenters. The van der Waals surface area contributed by atoms with E-state index < -0.39 is 28.0 Å². The lowest BCUT2D eigenvalue weighted by atomic mass is 10.0. The number of hydrogen-bond donors (Lipinski definition) is 1. The molecule has 0 saturated carbocycles. The van der Waals surface area contributed by atoms with Crippen LogP contribution in [0.15, 0.2) is 12.1 Å². The van der Waals surface area contributed by atoms with Gasteiger partial charge in [-0.1, -0.05) is 0 Å². The molecule has 0 aromatic heterocycles. The molecule has 1 heterocycles. The van der Waals surface area contributed by atoms with Gasteiger partial charge in [0.05, 0.1) is 11.5 Å². The zero-order valence-electron chi connectivity index (χ0n) is 10.2. The van der Waals surface area contributed by atoms with E-state index in [9.17, 15) is 18.9 Å². The summed E-state index contributed by atoms with van der Waals surface area (Å²) in [5.74, 6) is -2.92. The fraction of sp³-hybridized carbons (Fsp3) is 0.500. The Morgan fingerprint density at radius 3 is 2.89 bits per heavy atom. The van der Waals surface area contributed by atoms with Crippen LogP contribution in [0.25, 0.3) is 0 Å². The Balaban J connectivity index is 2.13. The van der Waals surface area contributed by atoms with Crippen LogP contribution in [0.5, 0.6) is 5.75 Å². The summed E-state index contributed by atoms with van der Waals surface area (Å²) < 4.78 is 31.8. The Hall–Kier alpha value is -1.76. The topological polar surface area (TPSA) is 64.4 Å². The van der Waals surface area contributed by atoms with Gasteiger partial charge in [0.1, 0.15) is 0 Å². The van der Waals surface area contributed by atoms with Crippen LogP contribution < -0.4 is 10.1 Å². The van der Waals surface area contributed by atoms with Crippen LogP contribution in [0.2, 0.25) is 0 Å². The molecule has 0 amide bonds. The lowest BCUT2D eigenvalue weighted by Gasteiger charge is -2.22. The largest absolute Gasteiger partial charge is 0.484 e. The van der Waals surface area contributed by atoms with Crippen molar-refractivity contribution in [2.45, 2.75) is 12.8 Å². The van der Waals surface area contributed by atoms with Gasteiger partial charge in [0.15, 0.2) is 5.82 Å². The monoisotopic (exact) mass is 272 g/mol. The highest BCUT2D eigenvalue weighted by atomic mass is 19.2. The summed E-state index contributed by atoms with van der Waals surface area (Å²) in [6, 6.07) is 1.63. The second-order valence-electron chi connectivity index (χ2n) is 4.49. The van der Waals surface area contributed by atoms with Crippen LogP contribution in [0.4, 0.5) is 14.5 Å². The molecule has 1 saturated heterocycles. The van der Waals surface area contributed by atoms with E-state index in [0.717, 1.165) is 31.5 Å². The highest BCUT2D eigenvalue weighted by molar-refractivity contribution is 5.47. The fourth-order valence-corrected chi connectivity index (χ4v) is 2.07. The van der Waals surface area contributed by atoms with Crippen molar-refractivity contribution in [1.82, 2.24) is 5.32 Å². The molecule has 1 fully saturated rings. The van der Waals surface area contributed by atoms with Gasteiger partial charge in [-0.3, -0.25) is 10.1 Å². The standard InChI is InChI=1S/C12H14F2N2O3/c13-9-3-4-10(16(17)18)12(11(9)14)19-7-8-2-1-5-15-6-8/h3-4,8,15H,1-2,5-7H2. The van der Waals surface area contributed by atoms with Gasteiger partial charge >= 0.3 is 5.69 Å². The van der Waals surface area contributed by atoms with E-state index in [1.165, 1.54) is 0 Å². The van der Waals surface area contributed by atoms with Crippen LogP contribution in [-0.4, -0.2) is 24.6 Å². The minimum Gasteiger partial charge on any atom is -0.484 e. The number of halogens is 2.